The van der Waals surface area contributed by atoms with Crippen LogP contribution in [0, 0.1) is 17.2 Å². The number of hydrogen-bond acceptors (Lipinski definition) is 4. The van der Waals surface area contributed by atoms with Gasteiger partial charge in [-0.3, -0.25) is 0 Å². The Bertz CT molecular complexity index is 485. The lowest BCUT2D eigenvalue weighted by molar-refractivity contribution is 0.155. The van der Waals surface area contributed by atoms with Crippen molar-refractivity contribution in [2.75, 3.05) is 17.7 Å². The number of rotatable bonds is 3. The minimum atomic E-state index is -0.243. The molecule has 1 aromatic carbocycles. The molecule has 0 heterocycles. The molecule has 0 radical (unpaired) electrons. The lowest BCUT2D eigenvalue weighted by Gasteiger charge is -2.39. The first kappa shape index (κ1) is 13.7. The maximum absolute atomic E-state index is 9.71. The fourth-order valence-corrected chi connectivity index (χ4v) is 2.69. The highest BCUT2D eigenvalue weighted by Gasteiger charge is 2.33. The van der Waals surface area contributed by atoms with Gasteiger partial charge in [0.2, 0.25) is 0 Å². The van der Waals surface area contributed by atoms with E-state index in [0.29, 0.717) is 11.3 Å². The lowest BCUT2D eigenvalue weighted by atomic mass is 9.77. The van der Waals surface area contributed by atoms with E-state index in [0.717, 1.165) is 37.3 Å². The third-order valence-corrected chi connectivity index (χ3v) is 4.12. The van der Waals surface area contributed by atoms with Crippen LogP contribution in [0.1, 0.15) is 38.2 Å². The molecule has 0 aromatic heterocycles. The molecule has 4 heteroatoms. The summed E-state index contributed by atoms with van der Waals surface area (Å²) in [6.45, 7) is 2.38. The van der Waals surface area contributed by atoms with Gasteiger partial charge in [-0.05, 0) is 49.8 Å². The Morgan fingerprint density at radius 2 is 2.16 bits per heavy atom. The monoisotopic (exact) mass is 259 g/mol. The molecule has 0 saturated heterocycles. The molecule has 4 N–H and O–H groups in total. The lowest BCUT2D eigenvalue weighted by Crippen LogP contribution is -2.45. The predicted molar refractivity (Wildman–Crippen MR) is 76.6 cm³/mol. The van der Waals surface area contributed by atoms with E-state index in [1.165, 1.54) is 0 Å². The van der Waals surface area contributed by atoms with Crippen LogP contribution in [0.4, 0.5) is 11.4 Å². The first-order valence-corrected chi connectivity index (χ1v) is 6.77. The zero-order chi connectivity index (χ0) is 13.9. The molecule has 1 aliphatic rings. The van der Waals surface area contributed by atoms with Crippen LogP contribution in [0.3, 0.4) is 0 Å². The first-order chi connectivity index (χ1) is 9.08. The SMILES string of the molecule is CC1CCC(CO)(Nc2ccc(C#N)c(N)c2)CC1. The summed E-state index contributed by atoms with van der Waals surface area (Å²) >= 11 is 0. The summed E-state index contributed by atoms with van der Waals surface area (Å²) < 4.78 is 0. The highest BCUT2D eigenvalue weighted by Crippen LogP contribution is 2.34. The number of nitrogen functional groups attached to an aromatic ring is 1. The molecule has 0 atom stereocenters. The fraction of sp³-hybridized carbons (Fsp3) is 0.533. The van der Waals surface area contributed by atoms with Gasteiger partial charge in [0.25, 0.3) is 0 Å². The number of nitrogens with two attached hydrogens (primary N) is 1. The van der Waals surface area contributed by atoms with Crippen molar-refractivity contribution in [1.82, 2.24) is 0 Å². The Hall–Kier alpha value is -1.73. The number of nitriles is 1. The summed E-state index contributed by atoms with van der Waals surface area (Å²) in [7, 11) is 0. The second-order valence-electron chi connectivity index (χ2n) is 5.66. The fourth-order valence-electron chi connectivity index (χ4n) is 2.69. The number of nitrogens with zero attached hydrogens (tertiary/aromatic N) is 1. The van der Waals surface area contributed by atoms with Crippen LogP contribution in [0.15, 0.2) is 18.2 Å². The normalized spacial score (nSPS) is 26.7. The molecule has 1 saturated carbocycles. The second-order valence-corrected chi connectivity index (χ2v) is 5.66. The summed E-state index contributed by atoms with van der Waals surface area (Å²) in [6, 6.07) is 7.39. The summed E-state index contributed by atoms with van der Waals surface area (Å²) in [4.78, 5) is 0. The van der Waals surface area contributed by atoms with E-state index in [-0.39, 0.29) is 12.1 Å². The minimum Gasteiger partial charge on any atom is -0.398 e. The molecule has 0 amide bonds. The van der Waals surface area contributed by atoms with Crippen LogP contribution < -0.4 is 11.1 Å². The van der Waals surface area contributed by atoms with Crippen molar-refractivity contribution in [3.63, 3.8) is 0 Å². The molecule has 0 unspecified atom stereocenters. The van der Waals surface area contributed by atoms with Crippen molar-refractivity contribution in [3.8, 4) is 6.07 Å². The number of anilines is 2. The van der Waals surface area contributed by atoms with Gasteiger partial charge in [-0.15, -0.1) is 0 Å². The quantitative estimate of drug-likeness (QED) is 0.728. The average Bonchev–Trinajstić information content (AvgIpc) is 2.42. The highest BCUT2D eigenvalue weighted by atomic mass is 16.3. The highest BCUT2D eigenvalue weighted by molar-refractivity contribution is 5.63. The smallest absolute Gasteiger partial charge is 0.101 e. The second kappa shape index (κ2) is 5.50. The molecule has 1 aliphatic carbocycles. The number of hydrogen-bond donors (Lipinski definition) is 3. The molecule has 4 nitrogen and oxygen atoms in total. The van der Waals surface area contributed by atoms with Gasteiger partial charge >= 0.3 is 0 Å². The van der Waals surface area contributed by atoms with Crippen LogP contribution in [-0.2, 0) is 0 Å². The largest absolute Gasteiger partial charge is 0.398 e. The summed E-state index contributed by atoms with van der Waals surface area (Å²) in [5.74, 6) is 0.729. The molecule has 0 bridgehead atoms. The number of aliphatic hydroxyl groups is 1. The molecular weight excluding hydrogens is 238 g/mol. The maximum atomic E-state index is 9.71. The van der Waals surface area contributed by atoms with Crippen molar-refractivity contribution in [2.24, 2.45) is 5.92 Å². The van der Waals surface area contributed by atoms with Crippen LogP contribution in [-0.4, -0.2) is 17.3 Å². The van der Waals surface area contributed by atoms with Crippen molar-refractivity contribution < 1.29 is 5.11 Å². The zero-order valence-corrected chi connectivity index (χ0v) is 11.3. The molecule has 0 aliphatic heterocycles. The third-order valence-electron chi connectivity index (χ3n) is 4.12. The van der Waals surface area contributed by atoms with Crippen LogP contribution in [0.25, 0.3) is 0 Å². The third kappa shape index (κ3) is 2.99. The van der Waals surface area contributed by atoms with Gasteiger partial charge in [0.1, 0.15) is 6.07 Å². The topological polar surface area (TPSA) is 82.1 Å². The zero-order valence-electron chi connectivity index (χ0n) is 11.3. The number of benzene rings is 1. The minimum absolute atomic E-state index is 0.125. The summed E-state index contributed by atoms with van der Waals surface area (Å²) in [5.41, 5.74) is 7.41. The van der Waals surface area contributed by atoms with E-state index in [2.05, 4.69) is 18.3 Å². The van der Waals surface area contributed by atoms with Gasteiger partial charge in [-0.2, -0.15) is 5.26 Å². The standard InChI is InChI=1S/C15H21N3O/c1-11-4-6-15(10-19,7-5-11)18-13-3-2-12(9-16)14(17)8-13/h2-3,8,11,18-19H,4-7,10,17H2,1H3. The van der Waals surface area contributed by atoms with Gasteiger partial charge in [0.05, 0.1) is 23.4 Å². The van der Waals surface area contributed by atoms with E-state index >= 15 is 0 Å². The van der Waals surface area contributed by atoms with Crippen molar-refractivity contribution in [2.45, 2.75) is 38.1 Å². The van der Waals surface area contributed by atoms with Crippen LogP contribution in [0.5, 0.6) is 0 Å². The Labute approximate surface area is 114 Å². The molecular formula is C15H21N3O. The van der Waals surface area contributed by atoms with Crippen molar-refractivity contribution in [1.29, 1.82) is 5.26 Å². The summed E-state index contributed by atoms with van der Waals surface area (Å²) in [6.07, 6.45) is 4.17. The predicted octanol–water partition coefficient (Wildman–Crippen LogP) is 2.49. The van der Waals surface area contributed by atoms with Gasteiger partial charge in [-0.1, -0.05) is 6.92 Å². The van der Waals surface area contributed by atoms with E-state index in [1.54, 1.807) is 12.1 Å². The van der Waals surface area contributed by atoms with Gasteiger partial charge in [0, 0.05) is 5.69 Å². The number of nitrogens with one attached hydrogen (secondary N) is 1. The summed E-state index contributed by atoms with van der Waals surface area (Å²) in [5, 5.41) is 22.0. The molecule has 1 fully saturated rings. The Balaban J connectivity index is 2.15. The van der Waals surface area contributed by atoms with Crippen molar-refractivity contribution >= 4 is 11.4 Å². The maximum Gasteiger partial charge on any atom is 0.101 e. The van der Waals surface area contributed by atoms with Gasteiger partial charge < -0.3 is 16.2 Å². The average molecular weight is 259 g/mol. The van der Waals surface area contributed by atoms with E-state index in [9.17, 15) is 5.11 Å². The molecule has 1 aromatic rings. The van der Waals surface area contributed by atoms with Crippen LogP contribution >= 0.6 is 0 Å². The Morgan fingerprint density at radius 3 is 2.68 bits per heavy atom. The molecule has 102 valence electrons. The van der Waals surface area contributed by atoms with E-state index < -0.39 is 0 Å². The Kier molecular flexibility index (Phi) is 3.96. The molecule has 19 heavy (non-hydrogen) atoms. The van der Waals surface area contributed by atoms with E-state index in [4.69, 9.17) is 11.0 Å². The number of aliphatic hydroxyl groups excluding tert-OH is 1. The Morgan fingerprint density at radius 1 is 1.47 bits per heavy atom. The van der Waals surface area contributed by atoms with Crippen LogP contribution in [0.2, 0.25) is 0 Å². The van der Waals surface area contributed by atoms with E-state index in [1.807, 2.05) is 6.07 Å². The van der Waals surface area contributed by atoms with Gasteiger partial charge in [0.15, 0.2) is 0 Å². The van der Waals surface area contributed by atoms with Gasteiger partial charge in [-0.25, -0.2) is 0 Å². The van der Waals surface area contributed by atoms with Crippen molar-refractivity contribution in [3.05, 3.63) is 23.8 Å². The molecule has 2 rings (SSSR count). The molecule has 0 spiro atoms. The first-order valence-electron chi connectivity index (χ1n) is 6.77.